The van der Waals surface area contributed by atoms with E-state index in [4.69, 9.17) is 8.37 Å². The first-order valence-electron chi connectivity index (χ1n) is 13.5. The van der Waals surface area contributed by atoms with E-state index in [0.29, 0.717) is 22.7 Å². The van der Waals surface area contributed by atoms with Crippen LogP contribution in [-0.2, 0) is 20.2 Å². The summed E-state index contributed by atoms with van der Waals surface area (Å²) in [5.74, 6) is 0.152. The Bertz CT molecular complexity index is 1900. The highest BCUT2D eigenvalue weighted by atomic mass is 32.2. The van der Waals surface area contributed by atoms with Gasteiger partial charge >= 0.3 is 32.3 Å². The predicted molar refractivity (Wildman–Crippen MR) is 173 cm³/mol. The number of benzene rings is 5. The van der Waals surface area contributed by atoms with Crippen LogP contribution in [0.2, 0.25) is 0 Å². The van der Waals surface area contributed by atoms with Gasteiger partial charge in [-0.15, -0.1) is 0 Å². The number of hydrogen-bond donors (Lipinski definition) is 4. The Morgan fingerprint density at radius 2 is 0.761 bits per heavy atom. The summed E-state index contributed by atoms with van der Waals surface area (Å²) in [5, 5.41) is 10.6. The number of carbonyl (C=O) groups is 2. The highest BCUT2D eigenvalue weighted by Crippen LogP contribution is 2.23. The third kappa shape index (κ3) is 8.62. The molecule has 0 aromatic heterocycles. The number of carbonyl (C=O) groups excluding carboxylic acids is 2. The number of nitrogens with one attached hydrogen (secondary N) is 4. The van der Waals surface area contributed by atoms with E-state index in [1.165, 1.54) is 78.9 Å². The fourth-order valence-corrected chi connectivity index (χ4v) is 5.88. The van der Waals surface area contributed by atoms with Crippen molar-refractivity contribution in [3.63, 3.8) is 0 Å². The van der Waals surface area contributed by atoms with Gasteiger partial charge in [-0.05, 0) is 91.0 Å². The lowest BCUT2D eigenvalue weighted by atomic mass is 10.2. The highest BCUT2D eigenvalue weighted by Gasteiger charge is 2.17. The summed E-state index contributed by atoms with van der Waals surface area (Å²) in [4.78, 5) is 25.1. The highest BCUT2D eigenvalue weighted by molar-refractivity contribution is 7.87. The Morgan fingerprint density at radius 1 is 0.413 bits per heavy atom. The molecular weight excluding hydrogens is 633 g/mol. The maximum Gasteiger partial charge on any atom is 0.339 e. The van der Waals surface area contributed by atoms with E-state index in [-0.39, 0.29) is 21.3 Å². The first kappa shape index (κ1) is 31.6. The molecule has 0 saturated carbocycles. The second-order valence-electron chi connectivity index (χ2n) is 9.49. The minimum absolute atomic E-state index is 0.0178. The molecule has 0 aliphatic carbocycles. The van der Waals surface area contributed by atoms with E-state index in [1.807, 2.05) is 0 Å². The summed E-state index contributed by atoms with van der Waals surface area (Å²) in [6.45, 7) is 0. The van der Waals surface area contributed by atoms with Gasteiger partial charge in [0.15, 0.2) is 0 Å². The molecule has 4 amide bonds. The number of amides is 4. The van der Waals surface area contributed by atoms with Crippen molar-refractivity contribution in [2.45, 2.75) is 9.79 Å². The minimum Gasteiger partial charge on any atom is -0.379 e. The normalized spacial score (nSPS) is 11.1. The zero-order valence-corrected chi connectivity index (χ0v) is 25.4. The SMILES string of the molecule is O=C(Nc1ccc(OS(=O)(=O)c2ccccc2)cc1)Nc1cccc(NC(=O)Nc2ccc(OS(=O)(=O)c3ccccc3)cc2)c1. The lowest BCUT2D eigenvalue weighted by Crippen LogP contribution is -2.21. The van der Waals surface area contributed by atoms with Gasteiger partial charge in [-0.1, -0.05) is 42.5 Å². The predicted octanol–water partition coefficient (Wildman–Crippen LogP) is 6.51. The van der Waals surface area contributed by atoms with Crippen molar-refractivity contribution in [2.75, 3.05) is 21.3 Å². The molecule has 0 saturated heterocycles. The molecule has 5 rings (SSSR count). The Balaban J connectivity index is 1.11. The molecule has 0 radical (unpaired) electrons. The van der Waals surface area contributed by atoms with Gasteiger partial charge in [-0.25, -0.2) is 9.59 Å². The van der Waals surface area contributed by atoms with E-state index in [1.54, 1.807) is 54.6 Å². The van der Waals surface area contributed by atoms with Crippen LogP contribution in [0.4, 0.5) is 32.3 Å². The number of urea groups is 2. The maximum atomic E-state index is 12.6. The smallest absolute Gasteiger partial charge is 0.339 e. The molecule has 0 heterocycles. The lowest BCUT2D eigenvalue weighted by Gasteiger charge is -2.12. The molecule has 0 fully saturated rings. The zero-order chi connectivity index (χ0) is 32.6. The van der Waals surface area contributed by atoms with Crippen molar-refractivity contribution >= 4 is 55.0 Å². The van der Waals surface area contributed by atoms with Crippen LogP contribution < -0.4 is 29.6 Å². The van der Waals surface area contributed by atoms with Crippen LogP contribution in [0.1, 0.15) is 0 Å². The summed E-state index contributed by atoms with van der Waals surface area (Å²) in [6.07, 6.45) is 0. The number of hydrogen-bond acceptors (Lipinski definition) is 8. The fraction of sp³-hybridized carbons (Fsp3) is 0. The monoisotopic (exact) mass is 658 g/mol. The molecule has 0 aliphatic rings. The Labute approximate surface area is 265 Å². The Hall–Kier alpha value is -5.86. The molecule has 5 aromatic rings. The molecule has 0 bridgehead atoms. The van der Waals surface area contributed by atoms with E-state index in [2.05, 4.69) is 21.3 Å². The second-order valence-corrected chi connectivity index (χ2v) is 12.6. The number of rotatable bonds is 10. The van der Waals surface area contributed by atoms with E-state index >= 15 is 0 Å². The molecule has 234 valence electrons. The first-order chi connectivity index (χ1) is 22.1. The van der Waals surface area contributed by atoms with Crippen LogP contribution in [0.15, 0.2) is 143 Å². The van der Waals surface area contributed by atoms with Crippen molar-refractivity contribution in [2.24, 2.45) is 0 Å². The molecule has 5 aromatic carbocycles. The van der Waals surface area contributed by atoms with Crippen LogP contribution >= 0.6 is 0 Å². The molecule has 14 heteroatoms. The standard InChI is InChI=1S/C32H26N4O8S2/c37-31(33-23-14-18-27(19-15-23)43-45(39,40)29-10-3-1-4-11-29)35-25-8-7-9-26(22-25)36-32(38)34-24-16-20-28(21-17-24)44-46(41,42)30-12-5-2-6-13-30/h1-22H,(H2,33,35,37)(H2,34,36,38). The minimum atomic E-state index is -4.00. The molecule has 12 nitrogen and oxygen atoms in total. The van der Waals surface area contributed by atoms with Crippen molar-refractivity contribution < 1.29 is 34.8 Å². The van der Waals surface area contributed by atoms with Crippen LogP contribution in [0.25, 0.3) is 0 Å². The maximum absolute atomic E-state index is 12.6. The first-order valence-corrected chi connectivity index (χ1v) is 16.3. The van der Waals surface area contributed by atoms with Crippen molar-refractivity contribution in [1.82, 2.24) is 0 Å². The average Bonchev–Trinajstić information content (AvgIpc) is 3.04. The molecule has 46 heavy (non-hydrogen) atoms. The Morgan fingerprint density at radius 3 is 1.13 bits per heavy atom. The topological polar surface area (TPSA) is 169 Å². The van der Waals surface area contributed by atoms with Gasteiger partial charge in [0.1, 0.15) is 21.3 Å². The van der Waals surface area contributed by atoms with Crippen LogP contribution in [-0.4, -0.2) is 28.9 Å². The van der Waals surface area contributed by atoms with Crippen LogP contribution in [0, 0.1) is 0 Å². The lowest BCUT2D eigenvalue weighted by molar-refractivity contribution is 0.261. The summed E-state index contributed by atoms with van der Waals surface area (Å²) >= 11 is 0. The van der Waals surface area contributed by atoms with Crippen molar-refractivity contribution in [1.29, 1.82) is 0 Å². The van der Waals surface area contributed by atoms with Crippen LogP contribution in [0.3, 0.4) is 0 Å². The molecule has 0 atom stereocenters. The summed E-state index contributed by atoms with van der Waals surface area (Å²) in [7, 11) is -7.99. The number of anilines is 4. The zero-order valence-electron chi connectivity index (χ0n) is 23.8. The quantitative estimate of drug-likeness (QED) is 0.123. The van der Waals surface area contributed by atoms with Gasteiger partial charge in [-0.2, -0.15) is 16.8 Å². The van der Waals surface area contributed by atoms with E-state index < -0.39 is 32.3 Å². The Kier molecular flexibility index (Phi) is 9.50. The van der Waals surface area contributed by atoms with Crippen molar-refractivity contribution in [3.8, 4) is 11.5 Å². The molecular formula is C32H26N4O8S2. The molecule has 4 N–H and O–H groups in total. The largest absolute Gasteiger partial charge is 0.379 e. The van der Waals surface area contributed by atoms with Gasteiger partial charge < -0.3 is 29.6 Å². The summed E-state index contributed by atoms with van der Waals surface area (Å²) in [6, 6.07) is 32.3. The molecule has 0 spiro atoms. The van der Waals surface area contributed by atoms with Gasteiger partial charge in [0, 0.05) is 22.7 Å². The molecule has 0 unspecified atom stereocenters. The van der Waals surface area contributed by atoms with Crippen molar-refractivity contribution in [3.05, 3.63) is 133 Å². The summed E-state index contributed by atoms with van der Waals surface area (Å²) < 4.78 is 59.9. The second kappa shape index (κ2) is 13.8. The van der Waals surface area contributed by atoms with E-state index in [9.17, 15) is 26.4 Å². The van der Waals surface area contributed by atoms with Gasteiger partial charge in [-0.3, -0.25) is 0 Å². The summed E-state index contributed by atoms with van der Waals surface area (Å²) in [5.41, 5.74) is 1.52. The van der Waals surface area contributed by atoms with Crippen LogP contribution in [0.5, 0.6) is 11.5 Å². The van der Waals surface area contributed by atoms with Gasteiger partial charge in [0.25, 0.3) is 0 Å². The fourth-order valence-electron chi connectivity index (χ4n) is 3.97. The van der Waals surface area contributed by atoms with E-state index in [0.717, 1.165) is 0 Å². The third-order valence-electron chi connectivity index (χ3n) is 6.08. The van der Waals surface area contributed by atoms with Gasteiger partial charge in [0.2, 0.25) is 0 Å². The molecule has 0 aliphatic heterocycles. The third-order valence-corrected chi connectivity index (χ3v) is 8.60. The average molecular weight is 659 g/mol. The van der Waals surface area contributed by atoms with Gasteiger partial charge in [0.05, 0.1) is 0 Å².